The average Bonchev–Trinajstić information content (AvgIpc) is 2.99. The zero-order chi connectivity index (χ0) is 21.8. The van der Waals surface area contributed by atoms with Crippen LogP contribution in [0.4, 0.5) is 0 Å². The minimum atomic E-state index is -0.592. The Morgan fingerprint density at radius 1 is 1.20 bits per heavy atom. The number of benzene rings is 1. The number of carbonyl (C=O) groups excluding carboxylic acids is 2. The first kappa shape index (κ1) is 24.0. The highest BCUT2D eigenvalue weighted by Gasteiger charge is 2.40. The van der Waals surface area contributed by atoms with Gasteiger partial charge in [-0.25, -0.2) is 0 Å². The van der Waals surface area contributed by atoms with Crippen molar-refractivity contribution in [1.82, 2.24) is 0 Å². The lowest BCUT2D eigenvalue weighted by molar-refractivity contribution is -0.135. The van der Waals surface area contributed by atoms with Crippen LogP contribution in [0.25, 0.3) is 0 Å². The van der Waals surface area contributed by atoms with Gasteiger partial charge in [-0.15, -0.1) is 0 Å². The fraction of sp³-hybridized carbons (Fsp3) is 0.520. The molecule has 0 aromatic heterocycles. The fourth-order valence-corrected chi connectivity index (χ4v) is 4.10. The lowest BCUT2D eigenvalue weighted by Gasteiger charge is -2.22. The van der Waals surface area contributed by atoms with Gasteiger partial charge in [-0.3, -0.25) is 9.59 Å². The van der Waals surface area contributed by atoms with Crippen LogP contribution in [0.3, 0.4) is 0 Å². The maximum Gasteiger partial charge on any atom is 0.307 e. The van der Waals surface area contributed by atoms with E-state index in [1.54, 1.807) is 6.08 Å². The minimum Gasteiger partial charge on any atom is -0.435 e. The van der Waals surface area contributed by atoms with Crippen molar-refractivity contribution < 1.29 is 24.5 Å². The maximum atomic E-state index is 12.3. The minimum absolute atomic E-state index is 0.0586. The van der Waals surface area contributed by atoms with Gasteiger partial charge < -0.3 is 14.9 Å². The number of ether oxygens (including phenoxy) is 1. The molecule has 0 radical (unpaired) electrons. The van der Waals surface area contributed by atoms with E-state index in [4.69, 9.17) is 4.74 Å². The summed E-state index contributed by atoms with van der Waals surface area (Å²) in [5.41, 5.74) is 1.21. The number of Topliss-reactive ketones (excluding diaryl/α,β-unsaturated/α-hetero) is 1. The van der Waals surface area contributed by atoms with Gasteiger partial charge in [-0.2, -0.15) is 0 Å². The highest BCUT2D eigenvalue weighted by Crippen LogP contribution is 2.36. The first-order valence-corrected chi connectivity index (χ1v) is 10.9. The molecule has 30 heavy (non-hydrogen) atoms. The van der Waals surface area contributed by atoms with Crippen LogP contribution in [0.2, 0.25) is 0 Å². The molecule has 0 heterocycles. The summed E-state index contributed by atoms with van der Waals surface area (Å²) in [6.45, 7) is 1.35. The highest BCUT2D eigenvalue weighted by atomic mass is 16.5. The average molecular weight is 415 g/mol. The molecular weight excluding hydrogens is 380 g/mol. The summed E-state index contributed by atoms with van der Waals surface area (Å²) in [5.74, 6) is -0.387. The summed E-state index contributed by atoms with van der Waals surface area (Å²) in [6, 6.07) is 10.1. The standard InChI is InChI=1S/C25H34O5/c1-19(26)30-17-9-4-2-3-8-12-22-23(25(29)18-24(22)28)16-15-21(27)14-13-20-10-6-5-7-11-20/h2,4-7,9-11,17,21-23,25,27,29H,3,8,12-16,18H2,1H3/b4-2+,17-9+/t21-,22-,23-,25-/m1/s1. The largest absolute Gasteiger partial charge is 0.435 e. The second-order valence-corrected chi connectivity index (χ2v) is 8.06. The normalized spacial score (nSPS) is 22.8. The Kier molecular flexibility index (Phi) is 10.5. The van der Waals surface area contributed by atoms with Gasteiger partial charge in [0.1, 0.15) is 5.78 Å². The fourth-order valence-electron chi connectivity index (χ4n) is 4.10. The molecule has 0 aliphatic heterocycles. The number of unbranched alkanes of at least 4 members (excludes halogenated alkanes) is 1. The number of aliphatic hydroxyl groups is 2. The molecule has 0 saturated heterocycles. The molecule has 1 aliphatic carbocycles. The van der Waals surface area contributed by atoms with Crippen LogP contribution in [0.15, 0.2) is 54.8 Å². The third-order valence-electron chi connectivity index (χ3n) is 5.72. The van der Waals surface area contributed by atoms with E-state index in [-0.39, 0.29) is 30.0 Å². The molecule has 5 nitrogen and oxygen atoms in total. The molecule has 4 atom stereocenters. The summed E-state index contributed by atoms with van der Waals surface area (Å²) in [4.78, 5) is 23.0. The van der Waals surface area contributed by atoms with Gasteiger partial charge in [-0.05, 0) is 62.5 Å². The van der Waals surface area contributed by atoms with Gasteiger partial charge in [0, 0.05) is 19.3 Å². The maximum absolute atomic E-state index is 12.3. The molecule has 0 bridgehead atoms. The number of esters is 1. The second-order valence-electron chi connectivity index (χ2n) is 8.06. The molecule has 1 aliphatic rings. The van der Waals surface area contributed by atoms with Crippen LogP contribution < -0.4 is 0 Å². The Morgan fingerprint density at radius 2 is 1.97 bits per heavy atom. The summed E-state index contributed by atoms with van der Waals surface area (Å²) in [6.07, 6.45) is 11.2. The van der Waals surface area contributed by atoms with Crippen LogP contribution in [0, 0.1) is 11.8 Å². The van der Waals surface area contributed by atoms with Crippen LogP contribution in [0.1, 0.15) is 57.4 Å². The van der Waals surface area contributed by atoms with Gasteiger partial charge in [0.05, 0.1) is 18.5 Å². The van der Waals surface area contributed by atoms with Crippen LogP contribution in [0.5, 0.6) is 0 Å². The van der Waals surface area contributed by atoms with E-state index >= 15 is 0 Å². The lowest BCUT2D eigenvalue weighted by atomic mass is 9.85. The van der Waals surface area contributed by atoms with Crippen molar-refractivity contribution in [2.75, 3.05) is 0 Å². The molecule has 1 aromatic carbocycles. The Morgan fingerprint density at radius 3 is 2.70 bits per heavy atom. The van der Waals surface area contributed by atoms with Crippen molar-refractivity contribution in [3.63, 3.8) is 0 Å². The molecule has 5 heteroatoms. The van der Waals surface area contributed by atoms with E-state index in [0.717, 1.165) is 25.7 Å². The summed E-state index contributed by atoms with van der Waals surface area (Å²) < 4.78 is 4.69. The number of hydrogen-bond acceptors (Lipinski definition) is 5. The first-order valence-electron chi connectivity index (χ1n) is 10.9. The van der Waals surface area contributed by atoms with Gasteiger partial charge >= 0.3 is 5.97 Å². The topological polar surface area (TPSA) is 83.8 Å². The molecule has 1 saturated carbocycles. The first-order chi connectivity index (χ1) is 14.5. The Bertz CT molecular complexity index is 710. The number of allylic oxidation sites excluding steroid dienone is 3. The summed E-state index contributed by atoms with van der Waals surface area (Å²) >= 11 is 0. The summed E-state index contributed by atoms with van der Waals surface area (Å²) in [7, 11) is 0. The van der Waals surface area contributed by atoms with Gasteiger partial charge in [0.15, 0.2) is 0 Å². The number of hydrogen-bond donors (Lipinski definition) is 2. The van der Waals surface area contributed by atoms with E-state index in [2.05, 4.69) is 12.1 Å². The SMILES string of the molecule is CC(=O)O/C=C/C=C/CCC[C@H]1C(=O)C[C@@H](O)[C@@H]1CC[C@H](O)CCc1ccccc1. The van der Waals surface area contributed by atoms with Crippen molar-refractivity contribution in [2.24, 2.45) is 11.8 Å². The molecule has 0 amide bonds. The third kappa shape index (κ3) is 8.64. The van der Waals surface area contributed by atoms with Crippen LogP contribution >= 0.6 is 0 Å². The third-order valence-corrected chi connectivity index (χ3v) is 5.72. The number of ketones is 1. The van der Waals surface area contributed by atoms with Crippen LogP contribution in [-0.4, -0.2) is 34.2 Å². The molecule has 2 N–H and O–H groups in total. The Hall–Kier alpha value is -2.24. The van der Waals surface area contributed by atoms with E-state index < -0.39 is 12.2 Å². The number of aliphatic hydroxyl groups excluding tert-OH is 2. The van der Waals surface area contributed by atoms with E-state index in [9.17, 15) is 19.8 Å². The Balaban J connectivity index is 1.71. The zero-order valence-corrected chi connectivity index (χ0v) is 17.8. The van der Waals surface area contributed by atoms with E-state index in [1.165, 1.54) is 18.7 Å². The molecule has 0 spiro atoms. The van der Waals surface area contributed by atoms with Crippen LogP contribution in [-0.2, 0) is 20.7 Å². The second kappa shape index (κ2) is 13.1. The quantitative estimate of drug-likeness (QED) is 0.233. The smallest absolute Gasteiger partial charge is 0.307 e. The molecular formula is C25H34O5. The van der Waals surface area contributed by atoms with Crippen molar-refractivity contribution in [3.05, 3.63) is 60.4 Å². The highest BCUT2D eigenvalue weighted by molar-refractivity contribution is 5.84. The molecule has 1 fully saturated rings. The predicted octanol–water partition coefficient (Wildman–Crippen LogP) is 4.13. The lowest BCUT2D eigenvalue weighted by Crippen LogP contribution is -2.22. The van der Waals surface area contributed by atoms with E-state index in [0.29, 0.717) is 19.3 Å². The van der Waals surface area contributed by atoms with Gasteiger partial charge in [-0.1, -0.05) is 42.5 Å². The molecule has 2 rings (SSSR count). The zero-order valence-electron chi connectivity index (χ0n) is 17.8. The van der Waals surface area contributed by atoms with Gasteiger partial charge in [0.2, 0.25) is 0 Å². The van der Waals surface area contributed by atoms with E-state index in [1.807, 2.05) is 30.4 Å². The molecule has 0 unspecified atom stereocenters. The monoisotopic (exact) mass is 414 g/mol. The molecule has 164 valence electrons. The van der Waals surface area contributed by atoms with Crippen molar-refractivity contribution >= 4 is 11.8 Å². The van der Waals surface area contributed by atoms with Crippen molar-refractivity contribution in [2.45, 2.75) is 70.5 Å². The Labute approximate surface area is 179 Å². The predicted molar refractivity (Wildman–Crippen MR) is 117 cm³/mol. The summed E-state index contributed by atoms with van der Waals surface area (Å²) in [5, 5.41) is 20.7. The number of rotatable bonds is 12. The van der Waals surface area contributed by atoms with Crippen molar-refractivity contribution in [1.29, 1.82) is 0 Å². The van der Waals surface area contributed by atoms with Gasteiger partial charge in [0.25, 0.3) is 0 Å². The van der Waals surface area contributed by atoms with Crippen molar-refractivity contribution in [3.8, 4) is 0 Å². The number of carbonyl (C=O) groups is 2. The number of aryl methyl sites for hydroxylation is 1. The molecule has 1 aromatic rings.